The first-order valence-electron chi connectivity index (χ1n) is 7.82. The summed E-state index contributed by atoms with van der Waals surface area (Å²) in [4.78, 5) is 25.2. The highest BCUT2D eigenvalue weighted by Crippen LogP contribution is 2.25. The number of ether oxygens (including phenoxy) is 1. The van der Waals surface area contributed by atoms with Crippen LogP contribution in [0.4, 0.5) is 0 Å². The van der Waals surface area contributed by atoms with Gasteiger partial charge in [-0.25, -0.2) is 0 Å². The van der Waals surface area contributed by atoms with Gasteiger partial charge >= 0.3 is 5.97 Å². The Balaban J connectivity index is 2.01. The fourth-order valence-corrected chi connectivity index (χ4v) is 3.22. The summed E-state index contributed by atoms with van der Waals surface area (Å²) in [5, 5.41) is 8.89. The molecular weight excluding hydrogens is 258 g/mol. The minimum atomic E-state index is -0.844. The van der Waals surface area contributed by atoms with Crippen LogP contribution in [0.3, 0.4) is 0 Å². The first-order chi connectivity index (χ1) is 9.68. The molecular formula is C15H25NO4. The summed E-state index contributed by atoms with van der Waals surface area (Å²) in [6.45, 7) is 0.965. The van der Waals surface area contributed by atoms with Gasteiger partial charge in [0.2, 0.25) is 0 Å². The summed E-state index contributed by atoms with van der Waals surface area (Å²) in [6, 6.07) is 0.202. The molecule has 1 aliphatic carbocycles. The van der Waals surface area contributed by atoms with Crippen molar-refractivity contribution in [2.45, 2.75) is 69.9 Å². The monoisotopic (exact) mass is 283 g/mol. The molecule has 5 nitrogen and oxygen atoms in total. The van der Waals surface area contributed by atoms with Crippen LogP contribution in [0.15, 0.2) is 0 Å². The smallest absolute Gasteiger partial charge is 0.305 e. The van der Waals surface area contributed by atoms with E-state index in [0.717, 1.165) is 38.5 Å². The molecule has 1 saturated carbocycles. The van der Waals surface area contributed by atoms with E-state index in [1.807, 2.05) is 0 Å². The van der Waals surface area contributed by atoms with Gasteiger partial charge in [-0.1, -0.05) is 25.7 Å². The lowest BCUT2D eigenvalue weighted by atomic mass is 10.0. The molecule has 1 atom stereocenters. The minimum Gasteiger partial charge on any atom is -0.481 e. The minimum absolute atomic E-state index is 0.00986. The summed E-state index contributed by atoms with van der Waals surface area (Å²) in [5.41, 5.74) is 0. The molecule has 114 valence electrons. The van der Waals surface area contributed by atoms with Gasteiger partial charge < -0.3 is 14.7 Å². The van der Waals surface area contributed by atoms with E-state index in [-0.39, 0.29) is 24.5 Å². The SMILES string of the molecule is O=C(O)CCN(C(=O)C1CCCO1)C1CCCCCC1. The first-order valence-corrected chi connectivity index (χ1v) is 7.82. The van der Waals surface area contributed by atoms with Crippen molar-refractivity contribution in [1.82, 2.24) is 4.90 Å². The molecule has 1 heterocycles. The van der Waals surface area contributed by atoms with Gasteiger partial charge in [0.25, 0.3) is 5.91 Å². The van der Waals surface area contributed by atoms with Crippen molar-refractivity contribution in [3.63, 3.8) is 0 Å². The predicted octanol–water partition coefficient (Wildman–Crippen LogP) is 2.19. The van der Waals surface area contributed by atoms with Crippen molar-refractivity contribution in [1.29, 1.82) is 0 Å². The molecule has 2 aliphatic rings. The molecule has 0 aromatic rings. The van der Waals surface area contributed by atoms with Crippen LogP contribution in [0.2, 0.25) is 0 Å². The van der Waals surface area contributed by atoms with E-state index >= 15 is 0 Å². The second-order valence-electron chi connectivity index (χ2n) is 5.82. The van der Waals surface area contributed by atoms with E-state index in [2.05, 4.69) is 0 Å². The highest BCUT2D eigenvalue weighted by Gasteiger charge is 2.32. The molecule has 20 heavy (non-hydrogen) atoms. The van der Waals surface area contributed by atoms with E-state index < -0.39 is 5.97 Å². The molecule has 1 N–H and O–H groups in total. The van der Waals surface area contributed by atoms with Crippen molar-refractivity contribution in [3.05, 3.63) is 0 Å². The van der Waals surface area contributed by atoms with Crippen molar-refractivity contribution < 1.29 is 19.4 Å². The van der Waals surface area contributed by atoms with E-state index in [1.165, 1.54) is 12.8 Å². The van der Waals surface area contributed by atoms with Crippen LogP contribution in [0.25, 0.3) is 0 Å². The van der Waals surface area contributed by atoms with Gasteiger partial charge in [-0.15, -0.1) is 0 Å². The van der Waals surface area contributed by atoms with E-state index in [9.17, 15) is 9.59 Å². The molecule has 0 bridgehead atoms. The summed E-state index contributed by atoms with van der Waals surface area (Å²) in [7, 11) is 0. The average molecular weight is 283 g/mol. The topological polar surface area (TPSA) is 66.8 Å². The van der Waals surface area contributed by atoms with Crippen molar-refractivity contribution in [2.24, 2.45) is 0 Å². The maximum Gasteiger partial charge on any atom is 0.305 e. The van der Waals surface area contributed by atoms with Crippen LogP contribution in [-0.4, -0.2) is 47.2 Å². The molecule has 1 amide bonds. The Kier molecular flexibility index (Phi) is 5.83. The van der Waals surface area contributed by atoms with Crippen LogP contribution in [-0.2, 0) is 14.3 Å². The zero-order valence-corrected chi connectivity index (χ0v) is 12.1. The van der Waals surface area contributed by atoms with Gasteiger partial charge in [0.1, 0.15) is 6.10 Å². The molecule has 2 rings (SSSR count). The molecule has 1 saturated heterocycles. The van der Waals surface area contributed by atoms with Gasteiger partial charge in [0, 0.05) is 19.2 Å². The molecule has 1 unspecified atom stereocenters. The van der Waals surface area contributed by atoms with Crippen LogP contribution >= 0.6 is 0 Å². The van der Waals surface area contributed by atoms with Crippen molar-refractivity contribution in [2.75, 3.05) is 13.2 Å². The Morgan fingerprint density at radius 3 is 2.30 bits per heavy atom. The number of rotatable bonds is 5. The van der Waals surface area contributed by atoms with E-state index in [1.54, 1.807) is 4.90 Å². The maximum atomic E-state index is 12.6. The number of carbonyl (C=O) groups excluding carboxylic acids is 1. The third-order valence-corrected chi connectivity index (χ3v) is 4.32. The third-order valence-electron chi connectivity index (χ3n) is 4.32. The lowest BCUT2D eigenvalue weighted by Gasteiger charge is -2.32. The number of hydrogen-bond donors (Lipinski definition) is 1. The maximum absolute atomic E-state index is 12.6. The zero-order valence-electron chi connectivity index (χ0n) is 12.1. The average Bonchev–Trinajstić information content (AvgIpc) is 2.83. The van der Waals surface area contributed by atoms with E-state index in [4.69, 9.17) is 9.84 Å². The molecule has 0 spiro atoms. The van der Waals surface area contributed by atoms with Gasteiger partial charge in [-0.3, -0.25) is 9.59 Å². The Labute approximate surface area is 120 Å². The van der Waals surface area contributed by atoms with Gasteiger partial charge in [-0.2, -0.15) is 0 Å². The Morgan fingerprint density at radius 2 is 1.75 bits per heavy atom. The number of carboxylic acid groups (broad SMARTS) is 1. The lowest BCUT2D eigenvalue weighted by molar-refractivity contribution is -0.145. The standard InChI is InChI=1S/C15H25NO4/c17-14(18)9-10-16(12-6-3-1-2-4-7-12)15(19)13-8-5-11-20-13/h12-13H,1-11H2,(H,17,18). The highest BCUT2D eigenvalue weighted by atomic mass is 16.5. The molecule has 0 radical (unpaired) electrons. The summed E-state index contributed by atoms with van der Waals surface area (Å²) >= 11 is 0. The second kappa shape index (κ2) is 7.62. The quantitative estimate of drug-likeness (QED) is 0.785. The van der Waals surface area contributed by atoms with Gasteiger partial charge in [0.15, 0.2) is 0 Å². The number of aliphatic carboxylic acids is 1. The normalized spacial score (nSPS) is 24.3. The molecule has 2 fully saturated rings. The van der Waals surface area contributed by atoms with Crippen molar-refractivity contribution in [3.8, 4) is 0 Å². The van der Waals surface area contributed by atoms with Crippen molar-refractivity contribution >= 4 is 11.9 Å². The molecule has 1 aliphatic heterocycles. The first kappa shape index (κ1) is 15.3. The second-order valence-corrected chi connectivity index (χ2v) is 5.82. The highest BCUT2D eigenvalue weighted by molar-refractivity contribution is 5.82. The number of carboxylic acids is 1. The van der Waals surface area contributed by atoms with Gasteiger partial charge in [-0.05, 0) is 25.7 Å². The Morgan fingerprint density at radius 1 is 1.05 bits per heavy atom. The van der Waals surface area contributed by atoms with Crippen LogP contribution in [0.5, 0.6) is 0 Å². The molecule has 5 heteroatoms. The largest absolute Gasteiger partial charge is 0.481 e. The summed E-state index contributed by atoms with van der Waals surface area (Å²) in [6.07, 6.45) is 8.08. The number of carbonyl (C=O) groups is 2. The van der Waals surface area contributed by atoms with Gasteiger partial charge in [0.05, 0.1) is 6.42 Å². The fraction of sp³-hybridized carbons (Fsp3) is 0.867. The Hall–Kier alpha value is -1.10. The predicted molar refractivity (Wildman–Crippen MR) is 74.4 cm³/mol. The number of nitrogens with zero attached hydrogens (tertiary/aromatic N) is 1. The van der Waals surface area contributed by atoms with Crippen LogP contribution in [0.1, 0.15) is 57.8 Å². The third kappa shape index (κ3) is 4.20. The number of hydrogen-bond acceptors (Lipinski definition) is 3. The Bertz CT molecular complexity index is 331. The zero-order chi connectivity index (χ0) is 14.4. The van der Waals surface area contributed by atoms with Crippen LogP contribution < -0.4 is 0 Å². The molecule has 0 aromatic heterocycles. The summed E-state index contributed by atoms with van der Waals surface area (Å²) in [5.74, 6) is -0.834. The van der Waals surface area contributed by atoms with E-state index in [0.29, 0.717) is 13.2 Å². The number of amides is 1. The molecule has 0 aromatic carbocycles. The summed E-state index contributed by atoms with van der Waals surface area (Å²) < 4.78 is 5.49. The lowest BCUT2D eigenvalue weighted by Crippen LogP contribution is -2.46. The van der Waals surface area contributed by atoms with Crippen LogP contribution in [0, 0.1) is 0 Å². The fourth-order valence-electron chi connectivity index (χ4n) is 3.22.